The highest BCUT2D eigenvalue weighted by molar-refractivity contribution is 5.94. The first-order valence-corrected chi connectivity index (χ1v) is 2.55. The standard InChI is InChI=1S/C6H7N3.ClH/c7-6(8)5-1-3-9-4-2-5;/h1-4H,(H3,7,8);1H. The molecule has 1 rings (SSSR count). The Hall–Kier alpha value is -1.09. The van der Waals surface area contributed by atoms with Gasteiger partial charge < -0.3 is 5.73 Å². The van der Waals surface area contributed by atoms with Gasteiger partial charge in [0.05, 0.1) is 0 Å². The van der Waals surface area contributed by atoms with E-state index in [1.807, 2.05) is 0 Å². The van der Waals surface area contributed by atoms with Crippen molar-refractivity contribution in [3.63, 3.8) is 0 Å². The van der Waals surface area contributed by atoms with Crippen molar-refractivity contribution in [1.29, 1.82) is 5.41 Å². The van der Waals surface area contributed by atoms with Crippen LogP contribution in [-0.2, 0) is 0 Å². The van der Waals surface area contributed by atoms with E-state index in [0.29, 0.717) is 5.56 Å². The third-order valence-corrected chi connectivity index (χ3v) is 0.991. The van der Waals surface area contributed by atoms with Gasteiger partial charge in [0.1, 0.15) is 5.84 Å². The van der Waals surface area contributed by atoms with E-state index in [1.54, 1.807) is 24.5 Å². The predicted octanol–water partition coefficient (Wildman–Crippen LogP) is 0.787. The summed E-state index contributed by atoms with van der Waals surface area (Å²) in [6.45, 7) is 0. The van der Waals surface area contributed by atoms with Crippen molar-refractivity contribution in [2.75, 3.05) is 0 Å². The predicted molar refractivity (Wildman–Crippen MR) is 42.5 cm³/mol. The number of nitrogens with one attached hydrogen (secondary N) is 1. The van der Waals surface area contributed by atoms with Crippen molar-refractivity contribution in [3.05, 3.63) is 30.1 Å². The summed E-state index contributed by atoms with van der Waals surface area (Å²) in [4.78, 5) is 3.78. The van der Waals surface area contributed by atoms with E-state index < -0.39 is 0 Å². The lowest BCUT2D eigenvalue weighted by Crippen LogP contribution is -2.10. The van der Waals surface area contributed by atoms with Crippen LogP contribution < -0.4 is 5.73 Å². The highest BCUT2D eigenvalue weighted by atomic mass is 35.5. The molecule has 0 bridgehead atoms. The van der Waals surface area contributed by atoms with Gasteiger partial charge in [-0.1, -0.05) is 0 Å². The molecule has 0 radical (unpaired) electrons. The Kier molecular flexibility index (Phi) is 3.43. The lowest BCUT2D eigenvalue weighted by molar-refractivity contribution is 1.31. The van der Waals surface area contributed by atoms with Gasteiger partial charge in [0.2, 0.25) is 0 Å². The Bertz CT molecular complexity index is 209. The molecule has 3 nitrogen and oxygen atoms in total. The maximum absolute atomic E-state index is 6.99. The Morgan fingerprint density at radius 3 is 2.20 bits per heavy atom. The summed E-state index contributed by atoms with van der Waals surface area (Å²) in [5, 5.41) is 6.99. The monoisotopic (exact) mass is 157 g/mol. The summed E-state index contributed by atoms with van der Waals surface area (Å²) >= 11 is 0. The van der Waals surface area contributed by atoms with Gasteiger partial charge in [-0.05, 0) is 12.1 Å². The fourth-order valence-electron chi connectivity index (χ4n) is 0.531. The molecule has 0 aliphatic carbocycles. The number of nitrogens with zero attached hydrogens (tertiary/aromatic N) is 1. The summed E-state index contributed by atoms with van der Waals surface area (Å²) in [6, 6.07) is 3.39. The van der Waals surface area contributed by atoms with Crippen LogP contribution in [0.15, 0.2) is 24.5 Å². The van der Waals surface area contributed by atoms with Crippen LogP contribution in [0, 0.1) is 5.41 Å². The van der Waals surface area contributed by atoms with Gasteiger partial charge in [-0.2, -0.15) is 0 Å². The molecule has 54 valence electrons. The molecule has 0 unspecified atom stereocenters. The number of aromatic nitrogens is 1. The molecular weight excluding hydrogens is 150 g/mol. The Balaban J connectivity index is 0.000000810. The fraction of sp³-hybridized carbons (Fsp3) is 0. The maximum atomic E-state index is 6.99. The summed E-state index contributed by atoms with van der Waals surface area (Å²) in [7, 11) is 0. The molecule has 1 aromatic rings. The van der Waals surface area contributed by atoms with Crippen LogP contribution in [0.1, 0.15) is 5.56 Å². The van der Waals surface area contributed by atoms with Crippen LogP contribution in [0.25, 0.3) is 0 Å². The SMILES string of the molecule is Cl.N=C(N)c1ccncc1. The molecular formula is C6H8ClN3. The van der Waals surface area contributed by atoms with Crippen LogP contribution in [0.2, 0.25) is 0 Å². The zero-order chi connectivity index (χ0) is 6.69. The number of hydrogen-bond acceptors (Lipinski definition) is 2. The fourth-order valence-corrected chi connectivity index (χ4v) is 0.531. The summed E-state index contributed by atoms with van der Waals surface area (Å²) < 4.78 is 0. The van der Waals surface area contributed by atoms with Crippen molar-refractivity contribution in [3.8, 4) is 0 Å². The minimum Gasteiger partial charge on any atom is -0.384 e. The molecule has 10 heavy (non-hydrogen) atoms. The minimum atomic E-state index is 0. The molecule has 0 spiro atoms. The Morgan fingerprint density at radius 2 is 1.90 bits per heavy atom. The first kappa shape index (κ1) is 8.91. The third-order valence-electron chi connectivity index (χ3n) is 0.991. The molecule has 4 heteroatoms. The van der Waals surface area contributed by atoms with Gasteiger partial charge in [0, 0.05) is 18.0 Å². The van der Waals surface area contributed by atoms with Crippen LogP contribution in [0.5, 0.6) is 0 Å². The molecule has 0 aromatic carbocycles. The quantitative estimate of drug-likeness (QED) is 0.468. The largest absolute Gasteiger partial charge is 0.384 e. The van der Waals surface area contributed by atoms with E-state index in [0.717, 1.165) is 0 Å². The number of hydrogen-bond donors (Lipinski definition) is 2. The highest BCUT2D eigenvalue weighted by Gasteiger charge is 1.89. The van der Waals surface area contributed by atoms with Crippen molar-refractivity contribution >= 4 is 18.2 Å². The molecule has 0 aliphatic rings. The topological polar surface area (TPSA) is 62.8 Å². The van der Waals surface area contributed by atoms with Crippen LogP contribution in [-0.4, -0.2) is 10.8 Å². The molecule has 0 saturated heterocycles. The third kappa shape index (κ3) is 2.03. The molecule has 0 atom stereocenters. The summed E-state index contributed by atoms with van der Waals surface area (Å²) in [6.07, 6.45) is 3.22. The first-order valence-electron chi connectivity index (χ1n) is 2.55. The second-order valence-corrected chi connectivity index (χ2v) is 1.65. The van der Waals surface area contributed by atoms with Gasteiger partial charge in [-0.25, -0.2) is 0 Å². The van der Waals surface area contributed by atoms with Gasteiger partial charge in [-0.15, -0.1) is 12.4 Å². The van der Waals surface area contributed by atoms with E-state index in [2.05, 4.69) is 4.98 Å². The van der Waals surface area contributed by atoms with Crippen molar-refractivity contribution in [2.24, 2.45) is 5.73 Å². The van der Waals surface area contributed by atoms with Gasteiger partial charge in [0.15, 0.2) is 0 Å². The normalized spacial score (nSPS) is 8.00. The molecule has 1 heterocycles. The average molecular weight is 158 g/mol. The van der Waals surface area contributed by atoms with Gasteiger partial charge >= 0.3 is 0 Å². The highest BCUT2D eigenvalue weighted by Crippen LogP contribution is 1.91. The van der Waals surface area contributed by atoms with Crippen LogP contribution in [0.4, 0.5) is 0 Å². The second-order valence-electron chi connectivity index (χ2n) is 1.65. The van der Waals surface area contributed by atoms with Crippen LogP contribution >= 0.6 is 12.4 Å². The lowest BCUT2D eigenvalue weighted by atomic mass is 10.2. The Labute approximate surface area is 65.2 Å². The minimum absolute atomic E-state index is 0. The first-order chi connectivity index (χ1) is 4.30. The molecule has 3 N–H and O–H groups in total. The van der Waals surface area contributed by atoms with E-state index in [9.17, 15) is 0 Å². The molecule has 0 aliphatic heterocycles. The number of nitrogens with two attached hydrogens (primary N) is 1. The smallest absolute Gasteiger partial charge is 0.122 e. The van der Waals surface area contributed by atoms with E-state index in [-0.39, 0.29) is 18.2 Å². The summed E-state index contributed by atoms with van der Waals surface area (Å²) in [5.74, 6) is 0.0809. The maximum Gasteiger partial charge on any atom is 0.122 e. The number of nitrogen functional groups attached to an aromatic ring is 1. The number of amidine groups is 1. The Morgan fingerprint density at radius 1 is 1.40 bits per heavy atom. The zero-order valence-corrected chi connectivity index (χ0v) is 6.06. The zero-order valence-electron chi connectivity index (χ0n) is 5.24. The van der Waals surface area contributed by atoms with Crippen molar-refractivity contribution < 1.29 is 0 Å². The molecule has 1 aromatic heterocycles. The molecule has 0 fully saturated rings. The summed E-state index contributed by atoms with van der Waals surface area (Å²) in [5.41, 5.74) is 5.88. The molecule has 0 saturated carbocycles. The molecule has 0 amide bonds. The number of halogens is 1. The lowest BCUT2D eigenvalue weighted by Gasteiger charge is -1.92. The second kappa shape index (κ2) is 3.85. The number of rotatable bonds is 1. The van der Waals surface area contributed by atoms with Gasteiger partial charge in [0.25, 0.3) is 0 Å². The van der Waals surface area contributed by atoms with E-state index in [4.69, 9.17) is 11.1 Å². The van der Waals surface area contributed by atoms with E-state index >= 15 is 0 Å². The average Bonchev–Trinajstić information content (AvgIpc) is 1.90. The van der Waals surface area contributed by atoms with Gasteiger partial charge in [-0.3, -0.25) is 10.4 Å². The number of pyridine rings is 1. The van der Waals surface area contributed by atoms with Crippen molar-refractivity contribution in [2.45, 2.75) is 0 Å². The van der Waals surface area contributed by atoms with Crippen molar-refractivity contribution in [1.82, 2.24) is 4.98 Å². The van der Waals surface area contributed by atoms with E-state index in [1.165, 1.54) is 0 Å². The van der Waals surface area contributed by atoms with Crippen LogP contribution in [0.3, 0.4) is 0 Å².